The molecule has 0 bridgehead atoms. The van der Waals surface area contributed by atoms with Gasteiger partial charge in [-0.15, -0.1) is 0 Å². The largest absolute Gasteiger partial charge is 0.338 e. The zero-order valence-corrected chi connectivity index (χ0v) is 10.3. The normalized spacial score (nSPS) is 10.6. The van der Waals surface area contributed by atoms with Crippen LogP contribution in [0.1, 0.15) is 17.7 Å². The Bertz CT molecular complexity index is 434. The number of hydrogen-bond donors (Lipinski definition) is 1. The van der Waals surface area contributed by atoms with Gasteiger partial charge in [0.05, 0.1) is 6.33 Å². The van der Waals surface area contributed by atoms with E-state index in [-0.39, 0.29) is 0 Å². The van der Waals surface area contributed by atoms with Crippen molar-refractivity contribution in [3.8, 4) is 0 Å². The van der Waals surface area contributed by atoms with Gasteiger partial charge in [-0.3, -0.25) is 0 Å². The van der Waals surface area contributed by atoms with Crippen molar-refractivity contribution in [1.29, 1.82) is 0 Å². The van der Waals surface area contributed by atoms with E-state index >= 15 is 0 Å². The van der Waals surface area contributed by atoms with Crippen LogP contribution in [0.15, 0.2) is 42.9 Å². The van der Waals surface area contributed by atoms with E-state index in [1.165, 1.54) is 11.3 Å². The third-order valence-corrected chi connectivity index (χ3v) is 2.87. The highest BCUT2D eigenvalue weighted by molar-refractivity contribution is 5.14. The second-order valence-corrected chi connectivity index (χ2v) is 4.26. The Morgan fingerprint density at radius 2 is 2.06 bits per heavy atom. The molecule has 1 aromatic carbocycles. The molecule has 1 aromatic heterocycles. The lowest BCUT2D eigenvalue weighted by atomic mass is 10.2. The molecule has 2 rings (SSSR count). The first-order valence-electron chi connectivity index (χ1n) is 6.06. The molecular formula is C14H19N3. The number of imidazole rings is 1. The van der Waals surface area contributed by atoms with Crippen LogP contribution < -0.4 is 5.32 Å². The zero-order chi connectivity index (χ0) is 11.9. The minimum absolute atomic E-state index is 0.951. The number of nitrogens with one attached hydrogen (secondary N) is 1. The molecule has 1 N–H and O–H groups in total. The van der Waals surface area contributed by atoms with Crippen LogP contribution in [-0.2, 0) is 20.0 Å². The van der Waals surface area contributed by atoms with Crippen LogP contribution in [0.25, 0.3) is 0 Å². The maximum absolute atomic E-state index is 4.11. The first-order chi connectivity index (χ1) is 8.36. The van der Waals surface area contributed by atoms with Gasteiger partial charge in [0.2, 0.25) is 0 Å². The van der Waals surface area contributed by atoms with Gasteiger partial charge in [-0.2, -0.15) is 0 Å². The molecular weight excluding hydrogens is 210 g/mol. The lowest BCUT2D eigenvalue weighted by Gasteiger charge is -2.05. The number of rotatable bonds is 6. The maximum atomic E-state index is 4.11. The Morgan fingerprint density at radius 1 is 1.24 bits per heavy atom. The SMILES string of the molecule is Cn1cncc1CCCNCc1ccccc1. The summed E-state index contributed by atoms with van der Waals surface area (Å²) in [6.07, 6.45) is 6.02. The molecule has 0 fully saturated rings. The van der Waals surface area contributed by atoms with Gasteiger partial charge in [-0.05, 0) is 24.9 Å². The van der Waals surface area contributed by atoms with Crippen molar-refractivity contribution in [3.63, 3.8) is 0 Å². The fraction of sp³-hybridized carbons (Fsp3) is 0.357. The smallest absolute Gasteiger partial charge is 0.0945 e. The van der Waals surface area contributed by atoms with Gasteiger partial charge in [0.15, 0.2) is 0 Å². The Hall–Kier alpha value is -1.61. The summed E-state index contributed by atoms with van der Waals surface area (Å²) in [5, 5.41) is 3.45. The van der Waals surface area contributed by atoms with Gasteiger partial charge in [0.25, 0.3) is 0 Å². The molecule has 0 saturated heterocycles. The average molecular weight is 229 g/mol. The summed E-state index contributed by atoms with van der Waals surface area (Å²) in [6.45, 7) is 1.99. The zero-order valence-electron chi connectivity index (χ0n) is 10.3. The fourth-order valence-electron chi connectivity index (χ4n) is 1.85. The monoisotopic (exact) mass is 229 g/mol. The number of nitrogens with zero attached hydrogens (tertiary/aromatic N) is 2. The van der Waals surface area contributed by atoms with Crippen LogP contribution in [0.2, 0.25) is 0 Å². The summed E-state index contributed by atoms with van der Waals surface area (Å²) in [5.41, 5.74) is 2.64. The molecule has 1 heterocycles. The van der Waals surface area contributed by atoms with E-state index in [2.05, 4.69) is 39.1 Å². The highest BCUT2D eigenvalue weighted by Gasteiger charge is 1.97. The quantitative estimate of drug-likeness (QED) is 0.769. The first-order valence-corrected chi connectivity index (χ1v) is 6.06. The summed E-state index contributed by atoms with van der Waals surface area (Å²) >= 11 is 0. The molecule has 0 unspecified atom stereocenters. The summed E-state index contributed by atoms with van der Waals surface area (Å²) in [5.74, 6) is 0. The van der Waals surface area contributed by atoms with Crippen LogP contribution in [0.5, 0.6) is 0 Å². The van der Waals surface area contributed by atoms with Crippen molar-refractivity contribution >= 4 is 0 Å². The number of hydrogen-bond acceptors (Lipinski definition) is 2. The molecule has 90 valence electrons. The second kappa shape index (κ2) is 6.21. The van der Waals surface area contributed by atoms with Crippen LogP contribution in [-0.4, -0.2) is 16.1 Å². The lowest BCUT2D eigenvalue weighted by Crippen LogP contribution is -2.15. The molecule has 0 spiro atoms. The molecule has 0 amide bonds. The van der Waals surface area contributed by atoms with E-state index in [0.29, 0.717) is 0 Å². The summed E-state index contributed by atoms with van der Waals surface area (Å²) in [7, 11) is 2.04. The van der Waals surface area contributed by atoms with Crippen molar-refractivity contribution < 1.29 is 0 Å². The van der Waals surface area contributed by atoms with Crippen LogP contribution in [0.3, 0.4) is 0 Å². The molecule has 3 nitrogen and oxygen atoms in total. The van der Waals surface area contributed by atoms with E-state index in [1.54, 1.807) is 0 Å². The van der Waals surface area contributed by atoms with Crippen molar-refractivity contribution in [2.75, 3.05) is 6.54 Å². The van der Waals surface area contributed by atoms with E-state index < -0.39 is 0 Å². The molecule has 3 heteroatoms. The minimum Gasteiger partial charge on any atom is -0.338 e. The summed E-state index contributed by atoms with van der Waals surface area (Å²) < 4.78 is 2.08. The predicted molar refractivity (Wildman–Crippen MR) is 69.7 cm³/mol. The van der Waals surface area contributed by atoms with Crippen molar-refractivity contribution in [2.45, 2.75) is 19.4 Å². The Morgan fingerprint density at radius 3 is 2.76 bits per heavy atom. The Labute approximate surface area is 103 Å². The average Bonchev–Trinajstić information content (AvgIpc) is 2.76. The molecule has 2 aromatic rings. The molecule has 17 heavy (non-hydrogen) atoms. The number of aromatic nitrogens is 2. The van der Waals surface area contributed by atoms with Crippen LogP contribution >= 0.6 is 0 Å². The molecule has 0 aliphatic carbocycles. The van der Waals surface area contributed by atoms with Gasteiger partial charge < -0.3 is 9.88 Å². The Balaban J connectivity index is 1.63. The molecule has 0 saturated carbocycles. The number of benzene rings is 1. The number of aryl methyl sites for hydroxylation is 2. The highest BCUT2D eigenvalue weighted by atomic mass is 15.0. The molecule has 0 aliphatic heterocycles. The van der Waals surface area contributed by atoms with Crippen LogP contribution in [0.4, 0.5) is 0 Å². The molecule has 0 atom stereocenters. The third kappa shape index (κ3) is 3.71. The third-order valence-electron chi connectivity index (χ3n) is 2.87. The minimum atomic E-state index is 0.951. The van der Waals surface area contributed by atoms with Gasteiger partial charge in [0, 0.05) is 25.5 Å². The van der Waals surface area contributed by atoms with E-state index in [9.17, 15) is 0 Å². The van der Waals surface area contributed by atoms with E-state index in [0.717, 1.165) is 25.9 Å². The van der Waals surface area contributed by atoms with Crippen molar-refractivity contribution in [1.82, 2.24) is 14.9 Å². The van der Waals surface area contributed by atoms with Gasteiger partial charge in [0.1, 0.15) is 0 Å². The summed E-state index contributed by atoms with van der Waals surface area (Å²) in [6, 6.07) is 10.5. The first kappa shape index (κ1) is 11.9. The van der Waals surface area contributed by atoms with Gasteiger partial charge in [-0.25, -0.2) is 4.98 Å². The van der Waals surface area contributed by atoms with Gasteiger partial charge >= 0.3 is 0 Å². The fourth-order valence-corrected chi connectivity index (χ4v) is 1.85. The molecule has 0 radical (unpaired) electrons. The van der Waals surface area contributed by atoms with Crippen molar-refractivity contribution in [2.24, 2.45) is 7.05 Å². The predicted octanol–water partition coefficient (Wildman–Crippen LogP) is 2.14. The van der Waals surface area contributed by atoms with E-state index in [1.807, 2.05) is 25.6 Å². The highest BCUT2D eigenvalue weighted by Crippen LogP contribution is 2.01. The second-order valence-electron chi connectivity index (χ2n) is 4.26. The van der Waals surface area contributed by atoms with E-state index in [4.69, 9.17) is 0 Å². The summed E-state index contributed by atoms with van der Waals surface area (Å²) in [4.78, 5) is 4.11. The van der Waals surface area contributed by atoms with Crippen molar-refractivity contribution in [3.05, 3.63) is 54.1 Å². The molecule has 0 aliphatic rings. The van der Waals surface area contributed by atoms with Crippen LogP contribution in [0, 0.1) is 0 Å². The Kier molecular flexibility index (Phi) is 4.33. The topological polar surface area (TPSA) is 29.9 Å². The lowest BCUT2D eigenvalue weighted by molar-refractivity contribution is 0.636. The standard InChI is InChI=1S/C14H19N3/c1-17-12-16-11-14(17)8-5-9-15-10-13-6-3-2-4-7-13/h2-4,6-7,11-12,15H,5,8-10H2,1H3. The van der Waals surface area contributed by atoms with Gasteiger partial charge in [-0.1, -0.05) is 30.3 Å². The maximum Gasteiger partial charge on any atom is 0.0945 e.